The quantitative estimate of drug-likeness (QED) is 0.476. The smallest absolute Gasteiger partial charge is 0.226 e. The van der Waals surface area contributed by atoms with Crippen LogP contribution in [-0.2, 0) is 4.79 Å². The molecule has 2 heteroatoms. The van der Waals surface area contributed by atoms with Crippen molar-refractivity contribution in [3.05, 3.63) is 37.1 Å². The highest BCUT2D eigenvalue weighted by Crippen LogP contribution is 2.05. The maximum Gasteiger partial charge on any atom is 0.226 e. The molecule has 1 aliphatic rings. The summed E-state index contributed by atoms with van der Waals surface area (Å²) in [5.41, 5.74) is 0. The fourth-order valence-electron chi connectivity index (χ4n) is 1.19. The molecule has 0 atom stereocenters. The van der Waals surface area contributed by atoms with E-state index in [9.17, 15) is 4.79 Å². The predicted octanol–water partition coefficient (Wildman–Crippen LogP) is 2.25. The predicted molar refractivity (Wildman–Crippen MR) is 54.0 cm³/mol. The second-order valence-electron chi connectivity index (χ2n) is 3.00. The summed E-state index contributed by atoms with van der Waals surface area (Å²) < 4.78 is 0. The Morgan fingerprint density at radius 2 is 2.38 bits per heavy atom. The Bertz CT molecular complexity index is 240. The zero-order valence-corrected chi connectivity index (χ0v) is 7.78. The molecule has 1 rings (SSSR count). The van der Waals surface area contributed by atoms with E-state index in [0.717, 1.165) is 12.8 Å². The highest BCUT2D eigenvalue weighted by molar-refractivity contribution is 5.77. The summed E-state index contributed by atoms with van der Waals surface area (Å²) in [5, 5.41) is 0. The summed E-state index contributed by atoms with van der Waals surface area (Å²) >= 11 is 0. The van der Waals surface area contributed by atoms with E-state index in [0.29, 0.717) is 13.0 Å². The molecule has 0 aromatic rings. The Labute approximate surface area is 79.2 Å². The molecule has 70 valence electrons. The minimum Gasteiger partial charge on any atom is -0.315 e. The van der Waals surface area contributed by atoms with Crippen molar-refractivity contribution in [2.75, 3.05) is 6.54 Å². The topological polar surface area (TPSA) is 20.3 Å². The maximum atomic E-state index is 11.5. The monoisotopic (exact) mass is 177 g/mol. The summed E-state index contributed by atoms with van der Waals surface area (Å²) in [6.45, 7) is 4.33. The van der Waals surface area contributed by atoms with Crippen LogP contribution in [0.5, 0.6) is 0 Å². The fraction of sp³-hybridized carbons (Fsp3) is 0.364. The maximum absolute atomic E-state index is 11.5. The van der Waals surface area contributed by atoms with Gasteiger partial charge >= 0.3 is 0 Å². The normalized spacial score (nSPS) is 14.6. The Morgan fingerprint density at radius 3 is 3.00 bits per heavy atom. The number of rotatable bonds is 4. The van der Waals surface area contributed by atoms with Crippen LogP contribution in [0.2, 0.25) is 0 Å². The third-order valence-corrected chi connectivity index (χ3v) is 1.93. The highest BCUT2D eigenvalue weighted by Gasteiger charge is 2.08. The first-order valence-corrected chi connectivity index (χ1v) is 4.58. The van der Waals surface area contributed by atoms with Gasteiger partial charge in [0.15, 0.2) is 0 Å². The number of hydrogen-bond donors (Lipinski definition) is 0. The van der Waals surface area contributed by atoms with Gasteiger partial charge in [-0.15, -0.1) is 6.58 Å². The van der Waals surface area contributed by atoms with Gasteiger partial charge in [-0.1, -0.05) is 18.2 Å². The second kappa shape index (κ2) is 5.36. The summed E-state index contributed by atoms with van der Waals surface area (Å²) in [6, 6.07) is 0. The van der Waals surface area contributed by atoms with Crippen LogP contribution in [0, 0.1) is 0 Å². The first-order chi connectivity index (χ1) is 6.34. The van der Waals surface area contributed by atoms with Gasteiger partial charge in [0, 0.05) is 19.2 Å². The van der Waals surface area contributed by atoms with Crippen molar-refractivity contribution in [2.24, 2.45) is 0 Å². The van der Waals surface area contributed by atoms with Crippen molar-refractivity contribution in [1.29, 1.82) is 0 Å². The molecule has 0 N–H and O–H groups in total. The molecule has 0 saturated heterocycles. The number of allylic oxidation sites excluding steroid dienone is 3. The van der Waals surface area contributed by atoms with Crippen molar-refractivity contribution in [1.82, 2.24) is 4.90 Å². The Kier molecular flexibility index (Phi) is 4.03. The fourth-order valence-corrected chi connectivity index (χ4v) is 1.19. The van der Waals surface area contributed by atoms with Gasteiger partial charge < -0.3 is 4.90 Å². The lowest BCUT2D eigenvalue weighted by Gasteiger charge is -2.17. The number of unbranched alkanes of at least 4 members (excludes halogenated alkanes) is 1. The lowest BCUT2D eigenvalue weighted by atomic mass is 10.2. The molecule has 1 amide bonds. The molecule has 13 heavy (non-hydrogen) atoms. The van der Waals surface area contributed by atoms with E-state index in [-0.39, 0.29) is 5.91 Å². The van der Waals surface area contributed by atoms with E-state index in [1.165, 1.54) is 0 Å². The van der Waals surface area contributed by atoms with E-state index in [2.05, 4.69) is 6.58 Å². The first-order valence-electron chi connectivity index (χ1n) is 4.58. The molecular weight excluding hydrogens is 162 g/mol. The highest BCUT2D eigenvalue weighted by atomic mass is 16.2. The molecular formula is C11H15NO. The number of carbonyl (C=O) groups excluding carboxylic acids is 1. The van der Waals surface area contributed by atoms with Crippen LogP contribution in [0.1, 0.15) is 19.3 Å². The SMILES string of the molecule is C=CCCCC(=O)N1C=CC=CC1. The standard InChI is InChI=1S/C11H15NO/c1-2-3-5-8-11(13)12-9-6-4-7-10-12/h2,4,6-7,9H,1,3,5,8,10H2. The molecule has 0 fully saturated rings. The van der Waals surface area contributed by atoms with Gasteiger partial charge in [-0.25, -0.2) is 0 Å². The van der Waals surface area contributed by atoms with Gasteiger partial charge in [-0.3, -0.25) is 4.79 Å². The lowest BCUT2D eigenvalue weighted by Crippen LogP contribution is -2.26. The third-order valence-electron chi connectivity index (χ3n) is 1.93. The average Bonchev–Trinajstić information content (AvgIpc) is 2.19. The molecule has 0 spiro atoms. The van der Waals surface area contributed by atoms with Gasteiger partial charge in [0.2, 0.25) is 5.91 Å². The van der Waals surface area contributed by atoms with E-state index in [1.807, 2.05) is 30.5 Å². The molecule has 1 aliphatic heterocycles. The van der Waals surface area contributed by atoms with Gasteiger partial charge in [-0.05, 0) is 18.9 Å². The van der Waals surface area contributed by atoms with Crippen molar-refractivity contribution < 1.29 is 4.79 Å². The molecule has 0 aromatic carbocycles. The number of amides is 1. The van der Waals surface area contributed by atoms with Gasteiger partial charge in [-0.2, -0.15) is 0 Å². The van der Waals surface area contributed by atoms with Crippen LogP contribution in [0.25, 0.3) is 0 Å². The zero-order chi connectivity index (χ0) is 9.52. The summed E-state index contributed by atoms with van der Waals surface area (Å²) in [6.07, 6.45) is 11.9. The van der Waals surface area contributed by atoms with E-state index in [4.69, 9.17) is 0 Å². The van der Waals surface area contributed by atoms with Crippen LogP contribution in [0.4, 0.5) is 0 Å². The molecule has 0 unspecified atom stereocenters. The summed E-state index contributed by atoms with van der Waals surface area (Å²) in [5.74, 6) is 0.197. The molecule has 2 nitrogen and oxygen atoms in total. The van der Waals surface area contributed by atoms with E-state index < -0.39 is 0 Å². The third kappa shape index (κ3) is 3.28. The van der Waals surface area contributed by atoms with Crippen molar-refractivity contribution >= 4 is 5.91 Å². The molecule has 0 bridgehead atoms. The summed E-state index contributed by atoms with van der Waals surface area (Å²) in [4.78, 5) is 13.2. The zero-order valence-electron chi connectivity index (χ0n) is 7.78. The van der Waals surface area contributed by atoms with Gasteiger partial charge in [0.05, 0.1) is 0 Å². The largest absolute Gasteiger partial charge is 0.315 e. The second-order valence-corrected chi connectivity index (χ2v) is 3.00. The van der Waals surface area contributed by atoms with E-state index >= 15 is 0 Å². The Hall–Kier alpha value is -1.31. The van der Waals surface area contributed by atoms with Crippen LogP contribution in [-0.4, -0.2) is 17.4 Å². The van der Waals surface area contributed by atoms with Crippen molar-refractivity contribution in [2.45, 2.75) is 19.3 Å². The van der Waals surface area contributed by atoms with Crippen molar-refractivity contribution in [3.8, 4) is 0 Å². The Morgan fingerprint density at radius 1 is 1.54 bits per heavy atom. The number of hydrogen-bond acceptors (Lipinski definition) is 1. The van der Waals surface area contributed by atoms with Gasteiger partial charge in [0.1, 0.15) is 0 Å². The minimum atomic E-state index is 0.197. The van der Waals surface area contributed by atoms with E-state index in [1.54, 1.807) is 4.90 Å². The van der Waals surface area contributed by atoms with Crippen LogP contribution in [0.15, 0.2) is 37.1 Å². The number of nitrogens with zero attached hydrogens (tertiary/aromatic N) is 1. The van der Waals surface area contributed by atoms with Crippen LogP contribution >= 0.6 is 0 Å². The summed E-state index contributed by atoms with van der Waals surface area (Å²) in [7, 11) is 0. The molecule has 0 saturated carbocycles. The molecule has 0 aromatic heterocycles. The minimum absolute atomic E-state index is 0.197. The van der Waals surface area contributed by atoms with Crippen molar-refractivity contribution in [3.63, 3.8) is 0 Å². The average molecular weight is 177 g/mol. The molecule has 1 heterocycles. The van der Waals surface area contributed by atoms with Crippen LogP contribution in [0.3, 0.4) is 0 Å². The van der Waals surface area contributed by atoms with Gasteiger partial charge in [0.25, 0.3) is 0 Å². The van der Waals surface area contributed by atoms with Crippen LogP contribution < -0.4 is 0 Å². The Balaban J connectivity index is 2.27. The molecule has 0 aliphatic carbocycles. The number of carbonyl (C=O) groups is 1. The first kappa shape index (κ1) is 9.78. The molecule has 0 radical (unpaired) electrons. The lowest BCUT2D eigenvalue weighted by molar-refractivity contribution is -0.128.